The molecule has 0 saturated heterocycles. The first-order chi connectivity index (χ1) is 16.5. The quantitative estimate of drug-likeness (QED) is 0.289. The summed E-state index contributed by atoms with van der Waals surface area (Å²) in [6, 6.07) is 0. The number of hydrogen-bond acceptors (Lipinski definition) is 12. The lowest BCUT2D eigenvalue weighted by atomic mass is 10.2. The Labute approximate surface area is 215 Å². The monoisotopic (exact) mass is 552 g/mol. The summed E-state index contributed by atoms with van der Waals surface area (Å²) in [5.41, 5.74) is 0.231. The van der Waals surface area contributed by atoms with Crippen LogP contribution in [0.25, 0.3) is 0 Å². The van der Waals surface area contributed by atoms with Gasteiger partial charge in [-0.3, -0.25) is 9.59 Å². The topological polar surface area (TPSA) is 168 Å². The third-order valence-electron chi connectivity index (χ3n) is 3.29. The maximum atomic E-state index is 11.3. The fourth-order valence-corrected chi connectivity index (χ4v) is 2.76. The van der Waals surface area contributed by atoms with Crippen molar-refractivity contribution >= 4 is 58.3 Å². The second-order valence-electron chi connectivity index (χ2n) is 5.84. The van der Waals surface area contributed by atoms with Crippen molar-refractivity contribution in [3.05, 3.63) is 39.2 Å². The van der Waals surface area contributed by atoms with Crippen LogP contribution >= 0.6 is 34.8 Å². The fraction of sp³-hybridized carbons (Fsp3) is 0.400. The van der Waals surface area contributed by atoms with E-state index in [-0.39, 0.29) is 57.2 Å². The minimum atomic E-state index is -0.567. The molecule has 0 atom stereocenters. The first kappa shape index (κ1) is 32.1. The predicted molar refractivity (Wildman–Crippen MR) is 125 cm³/mol. The lowest BCUT2D eigenvalue weighted by Gasteiger charge is -2.08. The van der Waals surface area contributed by atoms with E-state index in [1.807, 2.05) is 0 Å². The van der Waals surface area contributed by atoms with Crippen LogP contribution in [0.1, 0.15) is 48.4 Å². The zero-order valence-electron chi connectivity index (χ0n) is 19.2. The van der Waals surface area contributed by atoms with Crippen LogP contribution in [0.5, 0.6) is 5.88 Å². The molecule has 0 aliphatic rings. The summed E-state index contributed by atoms with van der Waals surface area (Å²) >= 11 is 16.9. The smallest absolute Gasteiger partial charge is 0.344 e. The van der Waals surface area contributed by atoms with Crippen molar-refractivity contribution in [2.24, 2.45) is 0 Å². The number of Topliss-reactive ketones (excluding diaryl/α,β-unsaturated/α-hetero) is 2. The van der Waals surface area contributed by atoms with Crippen molar-refractivity contribution in [1.82, 2.24) is 19.9 Å². The third kappa shape index (κ3) is 12.4. The van der Waals surface area contributed by atoms with Gasteiger partial charge in [-0.2, -0.15) is 0 Å². The Balaban J connectivity index is 0.000000550. The molecule has 0 unspecified atom stereocenters. The number of aromatic nitrogens is 4. The summed E-state index contributed by atoms with van der Waals surface area (Å²) < 4.78 is 14.0. The lowest BCUT2D eigenvalue weighted by molar-refractivity contribution is -0.146. The van der Waals surface area contributed by atoms with Gasteiger partial charge in [-0.25, -0.2) is 29.5 Å². The van der Waals surface area contributed by atoms with Gasteiger partial charge in [-0.05, 0) is 27.7 Å². The van der Waals surface area contributed by atoms with E-state index < -0.39 is 18.5 Å². The number of ether oxygens (including phenoxy) is 3. The molecule has 0 bridgehead atoms. The lowest BCUT2D eigenvalue weighted by Crippen LogP contribution is -2.16. The van der Waals surface area contributed by atoms with Gasteiger partial charge in [0.15, 0.2) is 18.2 Å². The molecule has 0 aliphatic heterocycles. The molecule has 0 aromatic carbocycles. The standard InChI is InChI=1S/C10H11ClN2O4.C6H4Cl2N2O.C4H8O3/c1-3-16-7(15)4-17-10-8(6(2)14)9(11)12-5-13-10;1-3(11)4-5(7)9-2-10-6(4)8;1-2-7-4(6)3-5/h5H,3-4H2,1-2H3;2H,1H3;5H,2-3H2,1H3. The number of aliphatic hydroxyl groups is 1. The maximum Gasteiger partial charge on any atom is 0.344 e. The van der Waals surface area contributed by atoms with Crippen LogP contribution in [-0.4, -0.2) is 75.0 Å². The summed E-state index contributed by atoms with van der Waals surface area (Å²) in [6.45, 7) is 5.77. The number of ketones is 2. The van der Waals surface area contributed by atoms with Crippen molar-refractivity contribution in [1.29, 1.82) is 0 Å². The SMILES string of the molecule is CC(=O)c1c(Cl)ncnc1Cl.CCOC(=O)CO.CCOC(=O)COc1ncnc(Cl)c1C(C)=O. The second-order valence-corrected chi connectivity index (χ2v) is 6.92. The molecule has 12 nitrogen and oxygen atoms in total. The van der Waals surface area contributed by atoms with Gasteiger partial charge in [0, 0.05) is 0 Å². The highest BCUT2D eigenvalue weighted by molar-refractivity contribution is 6.38. The zero-order chi connectivity index (χ0) is 27.0. The number of aliphatic hydroxyl groups excluding tert-OH is 1. The predicted octanol–water partition coefficient (Wildman–Crippen LogP) is 2.80. The van der Waals surface area contributed by atoms with E-state index >= 15 is 0 Å². The number of carbonyl (C=O) groups is 4. The third-order valence-corrected chi connectivity index (χ3v) is 4.15. The van der Waals surface area contributed by atoms with E-state index in [0.29, 0.717) is 6.61 Å². The van der Waals surface area contributed by atoms with Gasteiger partial charge in [0.05, 0.1) is 18.8 Å². The van der Waals surface area contributed by atoms with Gasteiger partial charge in [0.2, 0.25) is 5.88 Å². The highest BCUT2D eigenvalue weighted by atomic mass is 35.5. The molecule has 2 heterocycles. The zero-order valence-corrected chi connectivity index (χ0v) is 21.5. The molecule has 2 aromatic heterocycles. The van der Waals surface area contributed by atoms with E-state index in [4.69, 9.17) is 44.6 Å². The molecular formula is C20H23Cl3N4O8. The van der Waals surface area contributed by atoms with Crippen LogP contribution in [0.3, 0.4) is 0 Å². The number of esters is 2. The Morgan fingerprint density at radius 1 is 0.771 bits per heavy atom. The molecule has 0 fully saturated rings. The van der Waals surface area contributed by atoms with Crippen LogP contribution in [0.15, 0.2) is 12.7 Å². The molecular weight excluding hydrogens is 531 g/mol. The Kier molecular flexibility index (Phi) is 16.0. The summed E-state index contributed by atoms with van der Waals surface area (Å²) in [4.78, 5) is 57.8. The van der Waals surface area contributed by atoms with Gasteiger partial charge in [0.25, 0.3) is 0 Å². The van der Waals surface area contributed by atoms with E-state index in [9.17, 15) is 19.2 Å². The second kappa shape index (κ2) is 17.5. The van der Waals surface area contributed by atoms with E-state index in [2.05, 4.69) is 29.4 Å². The largest absolute Gasteiger partial charge is 0.465 e. The Morgan fingerprint density at radius 2 is 1.20 bits per heavy atom. The molecule has 0 spiro atoms. The highest BCUT2D eigenvalue weighted by Gasteiger charge is 2.17. The van der Waals surface area contributed by atoms with E-state index in [0.717, 1.165) is 6.33 Å². The van der Waals surface area contributed by atoms with Crippen molar-refractivity contribution in [3.63, 3.8) is 0 Å². The summed E-state index contributed by atoms with van der Waals surface area (Å²) in [5, 5.41) is 8.17. The summed E-state index contributed by atoms with van der Waals surface area (Å²) in [7, 11) is 0. The van der Waals surface area contributed by atoms with Crippen LogP contribution in [0, 0.1) is 0 Å². The Morgan fingerprint density at radius 3 is 1.57 bits per heavy atom. The van der Waals surface area contributed by atoms with Gasteiger partial charge in [-0.1, -0.05) is 34.8 Å². The Bertz CT molecular complexity index is 1000. The first-order valence-corrected chi connectivity index (χ1v) is 10.9. The number of rotatable bonds is 8. The normalized spacial score (nSPS) is 9.49. The van der Waals surface area contributed by atoms with Gasteiger partial charge < -0.3 is 19.3 Å². The first-order valence-electron chi connectivity index (χ1n) is 9.73. The number of hydrogen-bond donors (Lipinski definition) is 1. The number of halogens is 3. The molecule has 0 aliphatic carbocycles. The van der Waals surface area contributed by atoms with E-state index in [1.54, 1.807) is 13.8 Å². The minimum Gasteiger partial charge on any atom is -0.465 e. The number of carbonyl (C=O) groups excluding carboxylic acids is 4. The maximum absolute atomic E-state index is 11.3. The van der Waals surface area contributed by atoms with Crippen molar-refractivity contribution in [2.45, 2.75) is 27.7 Å². The fourth-order valence-electron chi connectivity index (χ4n) is 1.93. The average Bonchev–Trinajstić information content (AvgIpc) is 2.78. The van der Waals surface area contributed by atoms with Crippen molar-refractivity contribution in [2.75, 3.05) is 26.4 Å². The van der Waals surface area contributed by atoms with Crippen LogP contribution in [0.4, 0.5) is 0 Å². The van der Waals surface area contributed by atoms with Gasteiger partial charge in [-0.15, -0.1) is 0 Å². The molecule has 35 heavy (non-hydrogen) atoms. The van der Waals surface area contributed by atoms with Crippen LogP contribution < -0.4 is 4.74 Å². The van der Waals surface area contributed by atoms with Crippen molar-refractivity contribution in [3.8, 4) is 5.88 Å². The molecule has 0 saturated carbocycles. The molecule has 192 valence electrons. The molecule has 0 radical (unpaired) electrons. The average molecular weight is 554 g/mol. The molecule has 0 amide bonds. The molecule has 1 N–H and O–H groups in total. The summed E-state index contributed by atoms with van der Waals surface area (Å²) in [6.07, 6.45) is 2.35. The highest BCUT2D eigenvalue weighted by Crippen LogP contribution is 2.22. The minimum absolute atomic E-state index is 0.00800. The number of nitrogens with zero attached hydrogens (tertiary/aromatic N) is 4. The van der Waals surface area contributed by atoms with Gasteiger partial charge >= 0.3 is 11.9 Å². The van der Waals surface area contributed by atoms with Crippen molar-refractivity contribution < 1.29 is 38.5 Å². The molecule has 15 heteroatoms. The Hall–Kier alpha value is -2.93. The van der Waals surface area contributed by atoms with Crippen LogP contribution in [0.2, 0.25) is 15.5 Å². The van der Waals surface area contributed by atoms with Crippen LogP contribution in [-0.2, 0) is 19.1 Å². The summed E-state index contributed by atoms with van der Waals surface area (Å²) in [5.74, 6) is -1.71. The van der Waals surface area contributed by atoms with E-state index in [1.165, 1.54) is 20.2 Å². The molecule has 2 rings (SSSR count). The molecule has 2 aromatic rings. The van der Waals surface area contributed by atoms with Gasteiger partial charge in [0.1, 0.15) is 40.3 Å².